The van der Waals surface area contributed by atoms with Gasteiger partial charge in [-0.05, 0) is 30.2 Å². The van der Waals surface area contributed by atoms with Crippen LogP contribution >= 0.6 is 0 Å². The van der Waals surface area contributed by atoms with Crippen molar-refractivity contribution in [3.05, 3.63) is 48.3 Å². The van der Waals surface area contributed by atoms with Gasteiger partial charge in [-0.1, -0.05) is 43.3 Å². The molecule has 3 heteroatoms. The maximum Gasteiger partial charge on any atom is 0.131 e. The molecular formula is C17H19N3. The molecule has 0 aliphatic rings. The maximum atomic E-state index is 6.27. The first kappa shape index (κ1) is 12.7. The fourth-order valence-electron chi connectivity index (χ4n) is 2.64. The molecule has 0 aliphatic heterocycles. The van der Waals surface area contributed by atoms with E-state index >= 15 is 0 Å². The Kier molecular flexibility index (Phi) is 3.18. The first-order valence-electron chi connectivity index (χ1n) is 7.02. The minimum Gasteiger partial charge on any atom is -0.383 e. The zero-order valence-corrected chi connectivity index (χ0v) is 11.9. The van der Waals surface area contributed by atoms with Gasteiger partial charge in [0.2, 0.25) is 0 Å². The summed E-state index contributed by atoms with van der Waals surface area (Å²) >= 11 is 0. The van der Waals surface area contributed by atoms with Crippen LogP contribution in [0.5, 0.6) is 0 Å². The van der Waals surface area contributed by atoms with E-state index in [1.54, 1.807) is 0 Å². The van der Waals surface area contributed by atoms with E-state index in [2.05, 4.69) is 58.9 Å². The van der Waals surface area contributed by atoms with E-state index in [9.17, 15) is 0 Å². The highest BCUT2D eigenvalue weighted by molar-refractivity contribution is 5.88. The first-order chi connectivity index (χ1) is 9.70. The standard InChI is InChI=1S/C17H19N3/c1-3-10-20-12(2)19-16(17(20)18)15-9-8-13-6-4-5-7-14(13)11-15/h4-9,11H,3,10,18H2,1-2H3. The normalized spacial score (nSPS) is 11.1. The fourth-order valence-corrected chi connectivity index (χ4v) is 2.64. The minimum atomic E-state index is 0.764. The van der Waals surface area contributed by atoms with E-state index in [1.165, 1.54) is 10.8 Å². The van der Waals surface area contributed by atoms with Gasteiger partial charge in [0.25, 0.3) is 0 Å². The number of aromatic nitrogens is 2. The summed E-state index contributed by atoms with van der Waals surface area (Å²) in [4.78, 5) is 4.64. The van der Waals surface area contributed by atoms with Crippen LogP contribution in [0.4, 0.5) is 5.82 Å². The van der Waals surface area contributed by atoms with Gasteiger partial charge in [0.1, 0.15) is 17.3 Å². The lowest BCUT2D eigenvalue weighted by molar-refractivity contribution is 0.665. The number of nitrogen functional groups attached to an aromatic ring is 1. The zero-order chi connectivity index (χ0) is 14.1. The lowest BCUT2D eigenvalue weighted by Gasteiger charge is -2.06. The summed E-state index contributed by atoms with van der Waals surface area (Å²) in [5.74, 6) is 1.74. The van der Waals surface area contributed by atoms with E-state index in [0.29, 0.717) is 0 Å². The molecule has 20 heavy (non-hydrogen) atoms. The Labute approximate surface area is 119 Å². The summed E-state index contributed by atoms with van der Waals surface area (Å²) in [5, 5.41) is 2.45. The number of hydrogen-bond donors (Lipinski definition) is 1. The SMILES string of the molecule is CCCn1c(C)nc(-c2ccc3ccccc3c2)c1N. The van der Waals surface area contributed by atoms with Gasteiger partial charge in [-0.3, -0.25) is 0 Å². The lowest BCUT2D eigenvalue weighted by Crippen LogP contribution is -2.04. The first-order valence-corrected chi connectivity index (χ1v) is 7.02. The Hall–Kier alpha value is -2.29. The van der Waals surface area contributed by atoms with E-state index in [0.717, 1.165) is 35.9 Å². The van der Waals surface area contributed by atoms with Crippen molar-refractivity contribution in [2.24, 2.45) is 0 Å². The fraction of sp³-hybridized carbons (Fsp3) is 0.235. The summed E-state index contributed by atoms with van der Waals surface area (Å²) < 4.78 is 2.09. The van der Waals surface area contributed by atoms with Crippen LogP contribution in [0.15, 0.2) is 42.5 Å². The van der Waals surface area contributed by atoms with Crippen molar-refractivity contribution in [3.63, 3.8) is 0 Å². The van der Waals surface area contributed by atoms with Gasteiger partial charge in [-0.2, -0.15) is 0 Å². The van der Waals surface area contributed by atoms with Crippen molar-refractivity contribution < 1.29 is 0 Å². The van der Waals surface area contributed by atoms with Crippen molar-refractivity contribution in [3.8, 4) is 11.3 Å². The minimum absolute atomic E-state index is 0.764. The summed E-state index contributed by atoms with van der Waals surface area (Å²) in [6.07, 6.45) is 1.05. The molecule has 3 nitrogen and oxygen atoms in total. The third kappa shape index (κ3) is 2.05. The van der Waals surface area contributed by atoms with Crippen molar-refractivity contribution in [2.45, 2.75) is 26.8 Å². The average molecular weight is 265 g/mol. The number of hydrogen-bond acceptors (Lipinski definition) is 2. The predicted molar refractivity (Wildman–Crippen MR) is 84.6 cm³/mol. The second kappa shape index (κ2) is 5.00. The smallest absolute Gasteiger partial charge is 0.131 e. The number of benzene rings is 2. The number of rotatable bonds is 3. The van der Waals surface area contributed by atoms with E-state index in [1.807, 2.05) is 6.92 Å². The highest BCUT2D eigenvalue weighted by Crippen LogP contribution is 2.29. The van der Waals surface area contributed by atoms with Crippen molar-refractivity contribution in [2.75, 3.05) is 5.73 Å². The predicted octanol–water partition coefficient (Wildman–Crippen LogP) is 4.00. The van der Waals surface area contributed by atoms with E-state index in [-0.39, 0.29) is 0 Å². The van der Waals surface area contributed by atoms with Gasteiger partial charge in [-0.25, -0.2) is 4.98 Å². The Bertz CT molecular complexity index is 756. The number of nitrogens with zero attached hydrogens (tertiary/aromatic N) is 2. The van der Waals surface area contributed by atoms with Gasteiger partial charge < -0.3 is 10.3 Å². The summed E-state index contributed by atoms with van der Waals surface area (Å²) in [6, 6.07) is 14.7. The van der Waals surface area contributed by atoms with Crippen LogP contribution in [0.3, 0.4) is 0 Å². The molecule has 0 saturated heterocycles. The number of fused-ring (bicyclic) bond motifs is 1. The number of anilines is 1. The summed E-state index contributed by atoms with van der Waals surface area (Å²) in [5.41, 5.74) is 8.24. The molecule has 0 saturated carbocycles. The quantitative estimate of drug-likeness (QED) is 0.777. The molecule has 1 heterocycles. The van der Waals surface area contributed by atoms with Crippen molar-refractivity contribution in [1.29, 1.82) is 0 Å². The van der Waals surface area contributed by atoms with Crippen LogP contribution in [0, 0.1) is 6.92 Å². The maximum absolute atomic E-state index is 6.27. The Morgan fingerprint density at radius 1 is 1.10 bits per heavy atom. The summed E-state index contributed by atoms with van der Waals surface area (Å²) in [7, 11) is 0. The van der Waals surface area contributed by atoms with E-state index < -0.39 is 0 Å². The zero-order valence-electron chi connectivity index (χ0n) is 11.9. The van der Waals surface area contributed by atoms with Crippen LogP contribution in [0.2, 0.25) is 0 Å². The number of imidazole rings is 1. The van der Waals surface area contributed by atoms with Gasteiger partial charge in [-0.15, -0.1) is 0 Å². The third-order valence-electron chi connectivity index (χ3n) is 3.67. The highest BCUT2D eigenvalue weighted by atomic mass is 15.1. The van der Waals surface area contributed by atoms with Crippen LogP contribution in [0.1, 0.15) is 19.2 Å². The molecule has 2 aromatic carbocycles. The molecule has 3 rings (SSSR count). The van der Waals surface area contributed by atoms with Crippen molar-refractivity contribution >= 4 is 16.6 Å². The van der Waals surface area contributed by atoms with Crippen LogP contribution in [-0.2, 0) is 6.54 Å². The molecule has 2 N–H and O–H groups in total. The largest absolute Gasteiger partial charge is 0.383 e. The second-order valence-corrected chi connectivity index (χ2v) is 5.11. The van der Waals surface area contributed by atoms with Crippen LogP contribution in [-0.4, -0.2) is 9.55 Å². The molecular weight excluding hydrogens is 246 g/mol. The monoisotopic (exact) mass is 265 g/mol. The van der Waals surface area contributed by atoms with Gasteiger partial charge in [0.15, 0.2) is 0 Å². The molecule has 0 atom stereocenters. The highest BCUT2D eigenvalue weighted by Gasteiger charge is 2.13. The molecule has 0 spiro atoms. The lowest BCUT2D eigenvalue weighted by atomic mass is 10.1. The molecule has 1 aromatic heterocycles. The van der Waals surface area contributed by atoms with E-state index in [4.69, 9.17) is 5.73 Å². The molecule has 3 aromatic rings. The number of aryl methyl sites for hydroxylation is 1. The molecule has 0 radical (unpaired) electrons. The third-order valence-corrected chi connectivity index (χ3v) is 3.67. The molecule has 0 bridgehead atoms. The number of nitrogens with two attached hydrogens (primary N) is 1. The van der Waals surface area contributed by atoms with Gasteiger partial charge in [0, 0.05) is 12.1 Å². The topological polar surface area (TPSA) is 43.8 Å². The Morgan fingerprint density at radius 3 is 2.60 bits per heavy atom. The second-order valence-electron chi connectivity index (χ2n) is 5.11. The van der Waals surface area contributed by atoms with Crippen LogP contribution < -0.4 is 5.73 Å². The molecule has 0 aliphatic carbocycles. The Balaban J connectivity index is 2.13. The Morgan fingerprint density at radius 2 is 1.85 bits per heavy atom. The average Bonchev–Trinajstić information content (AvgIpc) is 2.75. The molecule has 102 valence electrons. The molecule has 0 unspecified atom stereocenters. The summed E-state index contributed by atoms with van der Waals surface area (Å²) in [6.45, 7) is 5.07. The van der Waals surface area contributed by atoms with Crippen LogP contribution in [0.25, 0.3) is 22.0 Å². The van der Waals surface area contributed by atoms with Gasteiger partial charge in [0.05, 0.1) is 0 Å². The van der Waals surface area contributed by atoms with Crippen molar-refractivity contribution in [1.82, 2.24) is 9.55 Å². The van der Waals surface area contributed by atoms with Gasteiger partial charge >= 0.3 is 0 Å². The molecule has 0 fully saturated rings. The molecule has 0 amide bonds.